The summed E-state index contributed by atoms with van der Waals surface area (Å²) in [6.07, 6.45) is 0. The fourth-order valence-electron chi connectivity index (χ4n) is 1.70. The highest BCUT2D eigenvalue weighted by Crippen LogP contribution is 2.14. The number of benzene rings is 1. The molecule has 1 N–H and O–H groups in total. The lowest BCUT2D eigenvalue weighted by Crippen LogP contribution is -2.35. The summed E-state index contributed by atoms with van der Waals surface area (Å²) in [6.45, 7) is 4.58. The van der Waals surface area contributed by atoms with Crippen LogP contribution in [0.5, 0.6) is 5.75 Å². The first-order valence-electron chi connectivity index (χ1n) is 6.11. The van der Waals surface area contributed by atoms with Crippen molar-refractivity contribution in [1.82, 2.24) is 4.90 Å². The lowest BCUT2D eigenvalue weighted by atomic mass is 10.1. The molecule has 0 radical (unpaired) electrons. The third-order valence-electron chi connectivity index (χ3n) is 2.71. The van der Waals surface area contributed by atoms with Gasteiger partial charge in [0, 0.05) is 19.0 Å². The Labute approximate surface area is 108 Å². The van der Waals surface area contributed by atoms with Gasteiger partial charge in [-0.3, -0.25) is 4.79 Å². The molecule has 4 heteroatoms. The van der Waals surface area contributed by atoms with E-state index < -0.39 is 0 Å². The van der Waals surface area contributed by atoms with Gasteiger partial charge in [-0.15, -0.1) is 0 Å². The van der Waals surface area contributed by atoms with Crippen LogP contribution in [0.2, 0.25) is 0 Å². The highest BCUT2D eigenvalue weighted by Gasteiger charge is 2.16. The Morgan fingerprint density at radius 2 is 1.94 bits per heavy atom. The fourth-order valence-corrected chi connectivity index (χ4v) is 1.70. The molecular formula is C14H21NO3. The first kappa shape index (κ1) is 14.5. The van der Waals surface area contributed by atoms with E-state index in [0.717, 1.165) is 11.3 Å². The SMILES string of the molecule is COc1ccc(CN(CCO)C(=O)C(C)C)cc1. The van der Waals surface area contributed by atoms with Gasteiger partial charge in [0.25, 0.3) is 0 Å². The summed E-state index contributed by atoms with van der Waals surface area (Å²) < 4.78 is 5.09. The number of rotatable bonds is 6. The Morgan fingerprint density at radius 1 is 1.33 bits per heavy atom. The van der Waals surface area contributed by atoms with E-state index in [1.807, 2.05) is 38.1 Å². The van der Waals surface area contributed by atoms with Crippen LogP contribution in [-0.2, 0) is 11.3 Å². The Hall–Kier alpha value is -1.55. The van der Waals surface area contributed by atoms with E-state index >= 15 is 0 Å². The summed E-state index contributed by atoms with van der Waals surface area (Å²) in [7, 11) is 1.62. The molecule has 1 aromatic rings. The van der Waals surface area contributed by atoms with E-state index in [2.05, 4.69) is 0 Å². The maximum Gasteiger partial charge on any atom is 0.225 e. The molecule has 0 heterocycles. The molecule has 0 saturated heterocycles. The highest BCUT2D eigenvalue weighted by atomic mass is 16.5. The first-order valence-corrected chi connectivity index (χ1v) is 6.11. The smallest absolute Gasteiger partial charge is 0.225 e. The maximum absolute atomic E-state index is 12.0. The summed E-state index contributed by atoms with van der Waals surface area (Å²) in [5.41, 5.74) is 1.03. The van der Waals surface area contributed by atoms with Gasteiger partial charge in [-0.2, -0.15) is 0 Å². The molecule has 0 aliphatic heterocycles. The van der Waals surface area contributed by atoms with Crippen molar-refractivity contribution in [2.75, 3.05) is 20.3 Å². The second-order valence-corrected chi connectivity index (χ2v) is 4.49. The van der Waals surface area contributed by atoms with E-state index in [4.69, 9.17) is 9.84 Å². The average Bonchev–Trinajstić information content (AvgIpc) is 2.38. The van der Waals surface area contributed by atoms with E-state index in [0.29, 0.717) is 13.1 Å². The van der Waals surface area contributed by atoms with Crippen molar-refractivity contribution >= 4 is 5.91 Å². The van der Waals surface area contributed by atoms with Gasteiger partial charge < -0.3 is 14.7 Å². The van der Waals surface area contributed by atoms with Crippen LogP contribution in [0.25, 0.3) is 0 Å². The standard InChI is InChI=1S/C14H21NO3/c1-11(2)14(17)15(8-9-16)10-12-4-6-13(18-3)7-5-12/h4-7,11,16H,8-10H2,1-3H3. The van der Waals surface area contributed by atoms with Gasteiger partial charge in [0.15, 0.2) is 0 Å². The number of amides is 1. The Morgan fingerprint density at radius 3 is 2.39 bits per heavy atom. The zero-order valence-corrected chi connectivity index (χ0v) is 11.2. The lowest BCUT2D eigenvalue weighted by molar-refractivity contribution is -0.135. The number of carbonyl (C=O) groups is 1. The number of ether oxygens (including phenoxy) is 1. The first-order chi connectivity index (χ1) is 8.58. The van der Waals surface area contributed by atoms with Crippen molar-refractivity contribution < 1.29 is 14.6 Å². The van der Waals surface area contributed by atoms with Gasteiger partial charge in [0.2, 0.25) is 5.91 Å². The maximum atomic E-state index is 12.0. The minimum absolute atomic E-state index is 0.0192. The molecule has 18 heavy (non-hydrogen) atoms. The molecule has 0 unspecified atom stereocenters. The van der Waals surface area contributed by atoms with Gasteiger partial charge in [0.05, 0.1) is 13.7 Å². The van der Waals surface area contributed by atoms with Crippen LogP contribution >= 0.6 is 0 Å². The van der Waals surface area contributed by atoms with Crippen LogP contribution in [0, 0.1) is 5.92 Å². The molecule has 1 amide bonds. The second-order valence-electron chi connectivity index (χ2n) is 4.49. The van der Waals surface area contributed by atoms with Crippen LogP contribution in [0.1, 0.15) is 19.4 Å². The molecule has 0 bridgehead atoms. The van der Waals surface area contributed by atoms with Crippen LogP contribution in [0.3, 0.4) is 0 Å². The molecule has 4 nitrogen and oxygen atoms in total. The van der Waals surface area contributed by atoms with E-state index in [1.165, 1.54) is 0 Å². The Bertz CT molecular complexity index is 373. The molecule has 0 atom stereocenters. The summed E-state index contributed by atoms with van der Waals surface area (Å²) in [5.74, 6) is 0.789. The third kappa shape index (κ3) is 4.04. The monoisotopic (exact) mass is 251 g/mol. The second kappa shape index (κ2) is 7.01. The van der Waals surface area contributed by atoms with Gasteiger partial charge >= 0.3 is 0 Å². The summed E-state index contributed by atoms with van der Waals surface area (Å²) >= 11 is 0. The molecule has 1 aromatic carbocycles. The zero-order chi connectivity index (χ0) is 13.5. The van der Waals surface area contributed by atoms with Crippen molar-refractivity contribution in [3.63, 3.8) is 0 Å². The molecule has 0 aromatic heterocycles. The predicted molar refractivity (Wildman–Crippen MR) is 70.3 cm³/mol. The van der Waals surface area contributed by atoms with Gasteiger partial charge in [0.1, 0.15) is 5.75 Å². The van der Waals surface area contributed by atoms with Crippen LogP contribution in [0.15, 0.2) is 24.3 Å². The zero-order valence-electron chi connectivity index (χ0n) is 11.2. The van der Waals surface area contributed by atoms with Crippen LogP contribution in [0.4, 0.5) is 0 Å². The minimum atomic E-state index is -0.0604. The number of methoxy groups -OCH3 is 1. The number of aliphatic hydroxyl groups excluding tert-OH is 1. The molecule has 0 fully saturated rings. The van der Waals surface area contributed by atoms with Crippen molar-refractivity contribution in [2.24, 2.45) is 5.92 Å². The van der Waals surface area contributed by atoms with E-state index in [9.17, 15) is 4.79 Å². The minimum Gasteiger partial charge on any atom is -0.497 e. The molecular weight excluding hydrogens is 230 g/mol. The topological polar surface area (TPSA) is 49.8 Å². The average molecular weight is 251 g/mol. The molecule has 1 rings (SSSR count). The van der Waals surface area contributed by atoms with Gasteiger partial charge in [-0.1, -0.05) is 26.0 Å². The normalized spacial score (nSPS) is 10.5. The predicted octanol–water partition coefficient (Wildman–Crippen LogP) is 1.67. The molecule has 0 aliphatic carbocycles. The number of hydrogen-bond donors (Lipinski definition) is 1. The van der Waals surface area contributed by atoms with Crippen molar-refractivity contribution in [3.05, 3.63) is 29.8 Å². The number of aliphatic hydroxyl groups is 1. The number of carbonyl (C=O) groups excluding carboxylic acids is 1. The molecule has 0 saturated carbocycles. The Kier molecular flexibility index (Phi) is 5.65. The quantitative estimate of drug-likeness (QED) is 0.836. The van der Waals surface area contributed by atoms with Crippen molar-refractivity contribution in [1.29, 1.82) is 0 Å². The van der Waals surface area contributed by atoms with E-state index in [1.54, 1.807) is 12.0 Å². The summed E-state index contributed by atoms with van der Waals surface area (Å²) in [5, 5.41) is 9.01. The van der Waals surface area contributed by atoms with E-state index in [-0.39, 0.29) is 18.4 Å². The number of nitrogens with zero attached hydrogens (tertiary/aromatic N) is 1. The third-order valence-corrected chi connectivity index (χ3v) is 2.71. The summed E-state index contributed by atoms with van der Waals surface area (Å²) in [6, 6.07) is 7.59. The molecule has 0 aliphatic rings. The largest absolute Gasteiger partial charge is 0.497 e. The Balaban J connectivity index is 2.73. The highest BCUT2D eigenvalue weighted by molar-refractivity contribution is 5.78. The lowest BCUT2D eigenvalue weighted by Gasteiger charge is -2.23. The van der Waals surface area contributed by atoms with Crippen molar-refractivity contribution in [3.8, 4) is 5.75 Å². The summed E-state index contributed by atoms with van der Waals surface area (Å²) in [4.78, 5) is 13.6. The van der Waals surface area contributed by atoms with Crippen LogP contribution in [-0.4, -0.2) is 36.2 Å². The van der Waals surface area contributed by atoms with Crippen molar-refractivity contribution in [2.45, 2.75) is 20.4 Å². The fraction of sp³-hybridized carbons (Fsp3) is 0.500. The van der Waals surface area contributed by atoms with Crippen LogP contribution < -0.4 is 4.74 Å². The van der Waals surface area contributed by atoms with Gasteiger partial charge in [-0.25, -0.2) is 0 Å². The molecule has 0 spiro atoms. The van der Waals surface area contributed by atoms with Gasteiger partial charge in [-0.05, 0) is 17.7 Å². The number of hydrogen-bond acceptors (Lipinski definition) is 3. The molecule has 100 valence electrons.